The highest BCUT2D eigenvalue weighted by molar-refractivity contribution is 5.76. The molecule has 1 fully saturated rings. The summed E-state index contributed by atoms with van der Waals surface area (Å²) < 4.78 is 31.3. The first-order chi connectivity index (χ1) is 11.9. The van der Waals surface area contributed by atoms with Gasteiger partial charge in [0.25, 0.3) is 0 Å². The van der Waals surface area contributed by atoms with Crippen molar-refractivity contribution < 1.29 is 23.1 Å². The number of amides is 1. The van der Waals surface area contributed by atoms with Gasteiger partial charge in [0.15, 0.2) is 11.6 Å². The molecule has 1 unspecified atom stereocenters. The molecule has 25 heavy (non-hydrogen) atoms. The van der Waals surface area contributed by atoms with E-state index in [-0.39, 0.29) is 31.0 Å². The van der Waals surface area contributed by atoms with Crippen LogP contribution in [0, 0.1) is 11.6 Å². The fourth-order valence-corrected chi connectivity index (χ4v) is 3.03. The molecule has 7 heteroatoms. The van der Waals surface area contributed by atoms with E-state index in [0.717, 1.165) is 12.1 Å². The van der Waals surface area contributed by atoms with E-state index in [0.29, 0.717) is 38.0 Å². The van der Waals surface area contributed by atoms with Gasteiger partial charge in [-0.3, -0.25) is 14.5 Å². The van der Waals surface area contributed by atoms with E-state index >= 15 is 0 Å². The van der Waals surface area contributed by atoms with Crippen LogP contribution in [0.1, 0.15) is 31.7 Å². The predicted molar refractivity (Wildman–Crippen MR) is 88.7 cm³/mol. The van der Waals surface area contributed by atoms with Gasteiger partial charge in [0, 0.05) is 25.6 Å². The quantitative estimate of drug-likeness (QED) is 0.736. The smallest absolute Gasteiger partial charge is 0.320 e. The van der Waals surface area contributed by atoms with Crippen molar-refractivity contribution in [2.45, 2.75) is 38.8 Å². The lowest BCUT2D eigenvalue weighted by Crippen LogP contribution is -2.37. The van der Waals surface area contributed by atoms with E-state index in [4.69, 9.17) is 4.74 Å². The number of halogens is 2. The largest absolute Gasteiger partial charge is 0.465 e. The summed E-state index contributed by atoms with van der Waals surface area (Å²) in [5, 5.41) is 0. The second-order valence-corrected chi connectivity index (χ2v) is 6.27. The molecule has 0 aromatic heterocycles. The molecule has 1 aliphatic heterocycles. The van der Waals surface area contributed by atoms with Crippen LogP contribution < -0.4 is 0 Å². The maximum absolute atomic E-state index is 13.3. The highest BCUT2D eigenvalue weighted by Gasteiger charge is 2.26. The van der Waals surface area contributed by atoms with Crippen molar-refractivity contribution in [1.29, 1.82) is 0 Å². The molecule has 0 aliphatic carbocycles. The van der Waals surface area contributed by atoms with E-state index in [9.17, 15) is 18.4 Å². The number of carbonyl (C=O) groups is 2. The summed E-state index contributed by atoms with van der Waals surface area (Å²) in [6.45, 7) is 3.06. The number of hydrogen-bond acceptors (Lipinski definition) is 4. The summed E-state index contributed by atoms with van der Waals surface area (Å²) in [7, 11) is 1.84. The Morgan fingerprint density at radius 2 is 2.08 bits per heavy atom. The molecule has 0 saturated carbocycles. The first-order valence-electron chi connectivity index (χ1n) is 8.48. The number of carbonyl (C=O) groups excluding carboxylic acids is 2. The van der Waals surface area contributed by atoms with Gasteiger partial charge < -0.3 is 9.64 Å². The molecule has 1 atom stereocenters. The van der Waals surface area contributed by atoms with Crippen LogP contribution in [0.2, 0.25) is 0 Å². The Kier molecular flexibility index (Phi) is 6.87. The Hall–Kier alpha value is -2.02. The third-order valence-corrected chi connectivity index (χ3v) is 4.44. The second-order valence-electron chi connectivity index (χ2n) is 6.27. The lowest BCUT2D eigenvalue weighted by atomic mass is 10.1. The molecule has 0 N–H and O–H groups in total. The van der Waals surface area contributed by atoms with Gasteiger partial charge in [0.1, 0.15) is 0 Å². The lowest BCUT2D eigenvalue weighted by Gasteiger charge is -2.26. The second kappa shape index (κ2) is 8.89. The van der Waals surface area contributed by atoms with Crippen molar-refractivity contribution in [3.05, 3.63) is 35.4 Å². The third-order valence-electron chi connectivity index (χ3n) is 4.44. The zero-order chi connectivity index (χ0) is 18.4. The molecule has 1 saturated heterocycles. The number of hydrogen-bond donors (Lipinski definition) is 0. The van der Waals surface area contributed by atoms with Gasteiger partial charge in [-0.1, -0.05) is 6.07 Å². The SMILES string of the molecule is CCOC(=O)CN(C)C1CCC(=O)N(Cc2ccc(F)c(F)c2)CC1. The predicted octanol–water partition coefficient (Wildman–Crippen LogP) is 2.34. The van der Waals surface area contributed by atoms with Gasteiger partial charge in [0.2, 0.25) is 5.91 Å². The molecule has 2 rings (SSSR count). The van der Waals surface area contributed by atoms with Crippen molar-refractivity contribution in [3.8, 4) is 0 Å². The standard InChI is InChI=1S/C18H24F2N2O3/c1-3-25-18(24)12-21(2)14-5-7-17(23)22(9-8-14)11-13-4-6-15(19)16(20)10-13/h4,6,10,14H,3,5,7-9,11-12H2,1-2H3. The van der Waals surface area contributed by atoms with Gasteiger partial charge in [-0.15, -0.1) is 0 Å². The van der Waals surface area contributed by atoms with Crippen LogP contribution in [0.3, 0.4) is 0 Å². The van der Waals surface area contributed by atoms with Crippen molar-refractivity contribution in [2.75, 3.05) is 26.7 Å². The molecule has 1 aliphatic rings. The average Bonchev–Trinajstić information content (AvgIpc) is 2.74. The average molecular weight is 354 g/mol. The molecule has 0 bridgehead atoms. The number of benzene rings is 1. The number of rotatable bonds is 6. The van der Waals surface area contributed by atoms with Crippen LogP contribution in [0.4, 0.5) is 8.78 Å². The van der Waals surface area contributed by atoms with E-state index in [2.05, 4.69) is 0 Å². The normalized spacial score (nSPS) is 18.4. The summed E-state index contributed by atoms with van der Waals surface area (Å²) in [5.41, 5.74) is 0.561. The topological polar surface area (TPSA) is 49.9 Å². The molecule has 1 aromatic rings. The Bertz CT molecular complexity index is 624. The van der Waals surface area contributed by atoms with Crippen molar-refractivity contribution in [3.63, 3.8) is 0 Å². The summed E-state index contributed by atoms with van der Waals surface area (Å²) in [6.07, 6.45) is 1.73. The van der Waals surface area contributed by atoms with E-state index in [1.54, 1.807) is 11.8 Å². The summed E-state index contributed by atoms with van der Waals surface area (Å²) in [4.78, 5) is 27.5. The molecular weight excluding hydrogens is 330 g/mol. The van der Waals surface area contributed by atoms with E-state index in [1.165, 1.54) is 6.07 Å². The van der Waals surface area contributed by atoms with Gasteiger partial charge in [-0.2, -0.15) is 0 Å². The van der Waals surface area contributed by atoms with E-state index in [1.807, 2.05) is 11.9 Å². The Morgan fingerprint density at radius 3 is 2.76 bits per heavy atom. The lowest BCUT2D eigenvalue weighted by molar-refractivity contribution is -0.144. The number of ether oxygens (including phenoxy) is 1. The van der Waals surface area contributed by atoms with Gasteiger partial charge in [0.05, 0.1) is 13.2 Å². The molecule has 1 heterocycles. The molecule has 1 amide bonds. The van der Waals surface area contributed by atoms with Crippen LogP contribution >= 0.6 is 0 Å². The van der Waals surface area contributed by atoms with Gasteiger partial charge in [-0.05, 0) is 44.5 Å². The number of likely N-dealkylation sites (tertiary alicyclic amines) is 1. The minimum Gasteiger partial charge on any atom is -0.465 e. The van der Waals surface area contributed by atoms with Crippen LogP contribution in [0.15, 0.2) is 18.2 Å². The van der Waals surface area contributed by atoms with Crippen molar-refractivity contribution in [1.82, 2.24) is 9.80 Å². The van der Waals surface area contributed by atoms with Gasteiger partial charge in [-0.25, -0.2) is 8.78 Å². The third kappa shape index (κ3) is 5.49. The van der Waals surface area contributed by atoms with Crippen LogP contribution in [0.25, 0.3) is 0 Å². The zero-order valence-corrected chi connectivity index (χ0v) is 14.6. The monoisotopic (exact) mass is 354 g/mol. The van der Waals surface area contributed by atoms with Gasteiger partial charge >= 0.3 is 5.97 Å². The number of likely N-dealkylation sites (N-methyl/N-ethyl adjacent to an activating group) is 1. The van der Waals surface area contributed by atoms with Crippen LogP contribution in [-0.4, -0.2) is 54.5 Å². The van der Waals surface area contributed by atoms with Crippen LogP contribution in [0.5, 0.6) is 0 Å². The molecule has 0 spiro atoms. The first kappa shape index (κ1) is 19.3. The number of nitrogens with zero attached hydrogens (tertiary/aromatic N) is 2. The highest BCUT2D eigenvalue weighted by Crippen LogP contribution is 2.19. The Labute approximate surface area is 146 Å². The molecule has 0 radical (unpaired) electrons. The Morgan fingerprint density at radius 1 is 1.32 bits per heavy atom. The number of esters is 1. The minimum absolute atomic E-state index is 0.0169. The van der Waals surface area contributed by atoms with E-state index < -0.39 is 11.6 Å². The maximum Gasteiger partial charge on any atom is 0.320 e. The van der Waals surface area contributed by atoms with Crippen molar-refractivity contribution in [2.24, 2.45) is 0 Å². The maximum atomic E-state index is 13.3. The zero-order valence-electron chi connectivity index (χ0n) is 14.6. The molecular formula is C18H24F2N2O3. The summed E-state index contributed by atoms with van der Waals surface area (Å²) >= 11 is 0. The fraction of sp³-hybridized carbons (Fsp3) is 0.556. The highest BCUT2D eigenvalue weighted by atomic mass is 19.2. The molecule has 1 aromatic carbocycles. The fourth-order valence-electron chi connectivity index (χ4n) is 3.03. The molecule has 138 valence electrons. The summed E-state index contributed by atoms with van der Waals surface area (Å²) in [5.74, 6) is -2.10. The first-order valence-corrected chi connectivity index (χ1v) is 8.48. The Balaban J connectivity index is 1.94. The molecule has 5 nitrogen and oxygen atoms in total. The van der Waals surface area contributed by atoms with Crippen LogP contribution in [-0.2, 0) is 20.9 Å². The summed E-state index contributed by atoms with van der Waals surface area (Å²) in [6, 6.07) is 3.78. The minimum atomic E-state index is -0.910. The van der Waals surface area contributed by atoms with Crippen molar-refractivity contribution >= 4 is 11.9 Å².